The number of nitrogens with zero attached hydrogens (tertiary/aromatic N) is 2. The fraction of sp³-hybridized carbons (Fsp3) is 0.346. The molecule has 9 nitrogen and oxygen atoms in total. The number of carbonyl (C=O) groups excluding carboxylic acids is 1. The van der Waals surface area contributed by atoms with Crippen molar-refractivity contribution in [1.29, 1.82) is 0 Å². The second kappa shape index (κ2) is 10.4. The molecular formula is C26H30N4O5. The number of nitrogens with two attached hydrogens (primary N) is 1. The molecule has 3 aromatic rings. The van der Waals surface area contributed by atoms with E-state index < -0.39 is 35.4 Å². The maximum Gasteiger partial charge on any atom is 0.328 e. The number of amides is 1. The van der Waals surface area contributed by atoms with Crippen molar-refractivity contribution in [2.45, 2.75) is 44.7 Å². The molecule has 1 aliphatic carbocycles. The minimum Gasteiger partial charge on any atom is -0.390 e. The molecule has 0 aliphatic heterocycles. The zero-order chi connectivity index (χ0) is 25.1. The molecule has 0 radical (unpaired) electrons. The van der Waals surface area contributed by atoms with E-state index >= 15 is 0 Å². The monoisotopic (exact) mass is 478 g/mol. The Hall–Kier alpha value is -3.53. The number of aromatic amines is 1. The van der Waals surface area contributed by atoms with Crippen molar-refractivity contribution >= 4 is 5.91 Å². The highest BCUT2D eigenvalue weighted by Gasteiger charge is 2.44. The number of rotatable bonds is 7. The van der Waals surface area contributed by atoms with Gasteiger partial charge in [-0.1, -0.05) is 42.5 Å². The standard InChI is InChI=1S/C26H30N4O5/c1-16-13-30(26(35)28-24(16)33)21-11-20(22(31)23(21)32)15-29(14-18-5-3-2-4-6-18)25(34)19-9-7-17(12-27)8-10-19/h2-10,13,20-23,31-32H,11-12,14-15,27H2,1H3,(H,28,33,35)/t20-,21+,22+,23+/m0/s1. The van der Waals surface area contributed by atoms with E-state index in [-0.39, 0.29) is 18.9 Å². The van der Waals surface area contributed by atoms with E-state index in [0.717, 1.165) is 11.1 Å². The third-order valence-electron chi connectivity index (χ3n) is 6.67. The first kappa shape index (κ1) is 24.6. The number of aliphatic hydroxyl groups excluding tert-OH is 2. The molecule has 1 aromatic heterocycles. The van der Waals surface area contributed by atoms with E-state index in [2.05, 4.69) is 4.98 Å². The summed E-state index contributed by atoms with van der Waals surface area (Å²) in [7, 11) is 0. The van der Waals surface area contributed by atoms with Crippen LogP contribution in [0.4, 0.5) is 0 Å². The van der Waals surface area contributed by atoms with Gasteiger partial charge >= 0.3 is 5.69 Å². The first-order valence-corrected chi connectivity index (χ1v) is 11.6. The Morgan fingerprint density at radius 2 is 1.74 bits per heavy atom. The lowest BCUT2D eigenvalue weighted by molar-refractivity contribution is -0.000570. The summed E-state index contributed by atoms with van der Waals surface area (Å²) in [6.45, 7) is 2.44. The van der Waals surface area contributed by atoms with E-state index in [9.17, 15) is 24.6 Å². The number of aromatic nitrogens is 2. The van der Waals surface area contributed by atoms with Gasteiger partial charge < -0.3 is 20.8 Å². The molecule has 1 saturated carbocycles. The predicted octanol–water partition coefficient (Wildman–Crippen LogP) is 0.929. The Bertz CT molecular complexity index is 1290. The van der Waals surface area contributed by atoms with Crippen LogP contribution in [0.3, 0.4) is 0 Å². The minimum absolute atomic E-state index is 0.179. The first-order chi connectivity index (χ1) is 16.8. The lowest BCUT2D eigenvalue weighted by Gasteiger charge is -2.28. The van der Waals surface area contributed by atoms with Gasteiger partial charge in [0.25, 0.3) is 11.5 Å². The number of H-pyrrole nitrogens is 1. The maximum absolute atomic E-state index is 13.5. The number of nitrogens with one attached hydrogen (secondary N) is 1. The van der Waals surface area contributed by atoms with Gasteiger partial charge in [0.05, 0.1) is 12.1 Å². The molecule has 1 fully saturated rings. The summed E-state index contributed by atoms with van der Waals surface area (Å²) in [4.78, 5) is 41.5. The molecule has 5 N–H and O–H groups in total. The van der Waals surface area contributed by atoms with E-state index in [1.807, 2.05) is 42.5 Å². The fourth-order valence-corrected chi connectivity index (χ4v) is 4.66. The summed E-state index contributed by atoms with van der Waals surface area (Å²) in [6, 6.07) is 15.9. The number of carbonyl (C=O) groups is 1. The van der Waals surface area contributed by atoms with Crippen LogP contribution in [0.25, 0.3) is 0 Å². The zero-order valence-electron chi connectivity index (χ0n) is 19.5. The molecule has 1 heterocycles. The lowest BCUT2D eigenvalue weighted by atomic mass is 10.0. The average molecular weight is 479 g/mol. The fourth-order valence-electron chi connectivity index (χ4n) is 4.66. The van der Waals surface area contributed by atoms with Crippen molar-refractivity contribution in [2.75, 3.05) is 6.54 Å². The summed E-state index contributed by atoms with van der Waals surface area (Å²) in [5, 5.41) is 21.6. The summed E-state index contributed by atoms with van der Waals surface area (Å²) < 4.78 is 1.26. The van der Waals surface area contributed by atoms with Crippen LogP contribution < -0.4 is 17.0 Å². The molecule has 0 unspecified atom stereocenters. The number of benzene rings is 2. The molecule has 0 spiro atoms. The number of aryl methyl sites for hydroxylation is 1. The van der Waals surface area contributed by atoms with Crippen molar-refractivity contribution in [3.05, 3.63) is 104 Å². The van der Waals surface area contributed by atoms with Crippen LogP contribution in [-0.2, 0) is 13.1 Å². The maximum atomic E-state index is 13.5. The highest BCUT2D eigenvalue weighted by molar-refractivity contribution is 5.94. The molecular weight excluding hydrogens is 448 g/mol. The number of hydrogen-bond donors (Lipinski definition) is 4. The quantitative estimate of drug-likeness (QED) is 0.398. The third kappa shape index (κ3) is 5.27. The van der Waals surface area contributed by atoms with E-state index in [0.29, 0.717) is 24.2 Å². The van der Waals surface area contributed by atoms with Gasteiger partial charge in [0.15, 0.2) is 0 Å². The lowest BCUT2D eigenvalue weighted by Crippen LogP contribution is -2.39. The van der Waals surface area contributed by atoms with E-state index in [1.165, 1.54) is 10.8 Å². The summed E-state index contributed by atoms with van der Waals surface area (Å²) >= 11 is 0. The molecule has 4 rings (SSSR count). The molecule has 0 saturated heterocycles. The van der Waals surface area contributed by atoms with Gasteiger partial charge in [-0.15, -0.1) is 0 Å². The van der Waals surface area contributed by atoms with Crippen LogP contribution in [0.2, 0.25) is 0 Å². The molecule has 1 amide bonds. The SMILES string of the molecule is Cc1cn([C@@H]2C[C@@H](CN(Cc3ccccc3)C(=O)c3ccc(CN)cc3)[C@@H](O)[C@@H]2O)c(=O)[nH]c1=O. The van der Waals surface area contributed by atoms with Crippen molar-refractivity contribution in [3.8, 4) is 0 Å². The van der Waals surface area contributed by atoms with E-state index in [4.69, 9.17) is 5.73 Å². The molecule has 9 heteroatoms. The number of hydrogen-bond acceptors (Lipinski definition) is 6. The molecule has 1 aliphatic rings. The summed E-state index contributed by atoms with van der Waals surface area (Å²) in [6.07, 6.45) is -0.709. The normalized spacial score (nSPS) is 21.7. The van der Waals surface area contributed by atoms with Gasteiger partial charge in [-0.05, 0) is 36.6 Å². The largest absolute Gasteiger partial charge is 0.390 e. The Balaban J connectivity index is 1.60. The van der Waals surface area contributed by atoms with Crippen LogP contribution in [0.15, 0.2) is 70.4 Å². The van der Waals surface area contributed by atoms with Gasteiger partial charge in [-0.3, -0.25) is 19.1 Å². The van der Waals surface area contributed by atoms with Gasteiger partial charge in [-0.25, -0.2) is 4.79 Å². The van der Waals surface area contributed by atoms with Crippen molar-refractivity contribution in [2.24, 2.45) is 11.7 Å². The molecule has 0 bridgehead atoms. The van der Waals surface area contributed by atoms with Gasteiger partial charge in [0.1, 0.15) is 6.10 Å². The van der Waals surface area contributed by atoms with Crippen LogP contribution >= 0.6 is 0 Å². The Labute approximate surface area is 202 Å². The van der Waals surface area contributed by atoms with Crippen LogP contribution in [-0.4, -0.2) is 49.3 Å². The third-order valence-corrected chi connectivity index (χ3v) is 6.67. The Morgan fingerprint density at radius 3 is 2.40 bits per heavy atom. The highest BCUT2D eigenvalue weighted by Crippen LogP contribution is 2.35. The average Bonchev–Trinajstić information content (AvgIpc) is 3.14. The highest BCUT2D eigenvalue weighted by atomic mass is 16.3. The van der Waals surface area contributed by atoms with Crippen LogP contribution in [0.1, 0.15) is 39.5 Å². The second-order valence-electron chi connectivity index (χ2n) is 9.10. The van der Waals surface area contributed by atoms with Crippen molar-refractivity contribution in [3.63, 3.8) is 0 Å². The zero-order valence-corrected chi connectivity index (χ0v) is 19.5. The van der Waals surface area contributed by atoms with Gasteiger partial charge in [0.2, 0.25) is 0 Å². The molecule has 4 atom stereocenters. The molecule has 184 valence electrons. The van der Waals surface area contributed by atoms with Crippen molar-refractivity contribution < 1.29 is 15.0 Å². The Morgan fingerprint density at radius 1 is 1.06 bits per heavy atom. The second-order valence-corrected chi connectivity index (χ2v) is 9.10. The first-order valence-electron chi connectivity index (χ1n) is 11.6. The van der Waals surface area contributed by atoms with Gasteiger partial charge in [0, 0.05) is 42.9 Å². The van der Waals surface area contributed by atoms with Crippen LogP contribution in [0, 0.1) is 12.8 Å². The summed E-state index contributed by atoms with van der Waals surface area (Å²) in [5.41, 5.74) is 7.21. The Kier molecular flexibility index (Phi) is 7.30. The van der Waals surface area contributed by atoms with E-state index in [1.54, 1.807) is 24.0 Å². The van der Waals surface area contributed by atoms with Crippen molar-refractivity contribution in [1.82, 2.24) is 14.5 Å². The smallest absolute Gasteiger partial charge is 0.328 e. The number of aliphatic hydroxyl groups is 2. The topological polar surface area (TPSA) is 142 Å². The molecule has 35 heavy (non-hydrogen) atoms. The van der Waals surface area contributed by atoms with Crippen LogP contribution in [0.5, 0.6) is 0 Å². The predicted molar refractivity (Wildman–Crippen MR) is 131 cm³/mol. The van der Waals surface area contributed by atoms with Gasteiger partial charge in [-0.2, -0.15) is 0 Å². The minimum atomic E-state index is -1.22. The summed E-state index contributed by atoms with van der Waals surface area (Å²) in [5.74, 6) is -0.690. The molecule has 2 aromatic carbocycles.